The van der Waals surface area contributed by atoms with Crippen molar-refractivity contribution >= 4 is 62.5 Å². The monoisotopic (exact) mass is 485 g/mol. The highest BCUT2D eigenvalue weighted by molar-refractivity contribution is 8.00. The van der Waals surface area contributed by atoms with E-state index in [4.69, 9.17) is 11.6 Å². The third-order valence-corrected chi connectivity index (χ3v) is 8.34. The molecular formula is C19H20ClN3O4S3. The molecular weight excluding hydrogens is 466 g/mol. The fourth-order valence-electron chi connectivity index (χ4n) is 2.80. The number of carbonyl (C=O) groups excluding carboxylic acids is 2. The Morgan fingerprint density at radius 1 is 1.23 bits per heavy atom. The molecule has 3 rings (SSSR count). The van der Waals surface area contributed by atoms with Gasteiger partial charge in [0.25, 0.3) is 0 Å². The highest BCUT2D eigenvalue weighted by Crippen LogP contribution is 2.23. The normalized spacial score (nSPS) is 19.2. The number of hydrogen-bond donors (Lipinski definition) is 3. The second-order valence-electron chi connectivity index (χ2n) is 6.38. The number of nitrogens with one attached hydrogen (secondary N) is 3. The van der Waals surface area contributed by atoms with Crippen LogP contribution in [0, 0.1) is 0 Å². The smallest absolute Gasteiger partial charge is 0.241 e. The minimum absolute atomic E-state index is 0.00472. The predicted molar refractivity (Wildman–Crippen MR) is 122 cm³/mol. The molecule has 0 radical (unpaired) electrons. The van der Waals surface area contributed by atoms with Gasteiger partial charge in [0, 0.05) is 22.2 Å². The van der Waals surface area contributed by atoms with Crippen LogP contribution in [0.1, 0.15) is 0 Å². The van der Waals surface area contributed by atoms with E-state index in [2.05, 4.69) is 16.0 Å². The molecule has 2 unspecified atom stereocenters. The summed E-state index contributed by atoms with van der Waals surface area (Å²) in [5, 5.41) is 7.39. The van der Waals surface area contributed by atoms with Crippen LogP contribution >= 0.6 is 35.1 Å². The largest absolute Gasteiger partial charge is 0.331 e. The van der Waals surface area contributed by atoms with E-state index in [0.717, 1.165) is 4.90 Å². The summed E-state index contributed by atoms with van der Waals surface area (Å²) in [5.41, 5.74) is 0.132. The zero-order valence-corrected chi connectivity index (χ0v) is 19.1. The molecule has 2 amide bonds. The molecule has 1 aliphatic heterocycles. The summed E-state index contributed by atoms with van der Waals surface area (Å²) in [5.74, 6) is -0.741. The van der Waals surface area contributed by atoms with Crippen molar-refractivity contribution in [1.29, 1.82) is 0 Å². The van der Waals surface area contributed by atoms with Gasteiger partial charge in [0.15, 0.2) is 15.1 Å². The fraction of sp³-hybridized carbons (Fsp3) is 0.263. The number of thioether (sulfide) groups is 2. The van der Waals surface area contributed by atoms with E-state index in [0.29, 0.717) is 5.69 Å². The van der Waals surface area contributed by atoms with Gasteiger partial charge in [-0.2, -0.15) is 0 Å². The van der Waals surface area contributed by atoms with E-state index >= 15 is 0 Å². The van der Waals surface area contributed by atoms with Crippen molar-refractivity contribution in [3.63, 3.8) is 0 Å². The third-order valence-electron chi connectivity index (χ3n) is 4.29. The van der Waals surface area contributed by atoms with Gasteiger partial charge in [0.1, 0.15) is 5.50 Å². The SMILES string of the molecule is CSc1cccc(NC(=O)CSC2NCC(S(=O)(=O)c3cccc(Cl)c3)C(=O)N2)c1. The van der Waals surface area contributed by atoms with Gasteiger partial charge in [-0.3, -0.25) is 14.9 Å². The van der Waals surface area contributed by atoms with Crippen LogP contribution in [0.4, 0.5) is 5.69 Å². The lowest BCUT2D eigenvalue weighted by Gasteiger charge is -2.29. The number of sulfone groups is 1. The molecule has 2 aromatic rings. The van der Waals surface area contributed by atoms with E-state index in [9.17, 15) is 18.0 Å². The van der Waals surface area contributed by atoms with E-state index < -0.39 is 26.5 Å². The van der Waals surface area contributed by atoms with E-state index in [-0.39, 0.29) is 28.1 Å². The molecule has 30 heavy (non-hydrogen) atoms. The van der Waals surface area contributed by atoms with E-state index in [1.807, 2.05) is 24.5 Å². The molecule has 1 saturated heterocycles. The maximum absolute atomic E-state index is 12.7. The average molecular weight is 486 g/mol. The van der Waals surface area contributed by atoms with Crippen LogP contribution in [-0.2, 0) is 19.4 Å². The minimum atomic E-state index is -3.89. The second-order valence-corrected chi connectivity index (χ2v) is 10.9. The summed E-state index contributed by atoms with van der Waals surface area (Å²) in [7, 11) is -3.89. The van der Waals surface area contributed by atoms with Crippen LogP contribution in [-0.4, -0.2) is 49.5 Å². The Hall–Kier alpha value is -1.72. The van der Waals surface area contributed by atoms with Crippen LogP contribution in [0.3, 0.4) is 0 Å². The highest BCUT2D eigenvalue weighted by atomic mass is 35.5. The molecule has 2 atom stereocenters. The standard InChI is InChI=1S/C19H20ClN3O4S3/c1-28-14-6-3-5-13(9-14)22-17(24)11-29-19-21-10-16(18(25)23-19)30(26,27)15-7-2-4-12(20)8-15/h2-9,16,19,21H,10-11H2,1H3,(H,22,24)(H,23,25). The summed E-state index contributed by atoms with van der Waals surface area (Å²) >= 11 is 8.62. The van der Waals surface area contributed by atoms with Crippen molar-refractivity contribution in [2.75, 3.05) is 23.9 Å². The first-order chi connectivity index (χ1) is 14.3. The summed E-state index contributed by atoms with van der Waals surface area (Å²) < 4.78 is 25.5. The molecule has 1 aliphatic rings. The van der Waals surface area contributed by atoms with Crippen molar-refractivity contribution in [2.24, 2.45) is 0 Å². The van der Waals surface area contributed by atoms with Crippen LogP contribution in [0.15, 0.2) is 58.3 Å². The Kier molecular flexibility index (Phi) is 7.70. The van der Waals surface area contributed by atoms with Gasteiger partial charge in [0.2, 0.25) is 11.8 Å². The molecule has 3 N–H and O–H groups in total. The Morgan fingerprint density at radius 3 is 2.70 bits per heavy atom. The van der Waals surface area contributed by atoms with Gasteiger partial charge in [-0.15, -0.1) is 23.5 Å². The van der Waals surface area contributed by atoms with Gasteiger partial charge >= 0.3 is 0 Å². The van der Waals surface area contributed by atoms with Gasteiger partial charge in [-0.25, -0.2) is 8.42 Å². The predicted octanol–water partition coefficient (Wildman–Crippen LogP) is 2.58. The number of benzene rings is 2. The number of carbonyl (C=O) groups is 2. The first-order valence-corrected chi connectivity index (χ1v) is 13.1. The summed E-state index contributed by atoms with van der Waals surface area (Å²) in [6, 6.07) is 13.3. The zero-order chi connectivity index (χ0) is 21.7. The zero-order valence-electron chi connectivity index (χ0n) is 15.9. The lowest BCUT2D eigenvalue weighted by molar-refractivity contribution is -0.122. The lowest BCUT2D eigenvalue weighted by atomic mass is 10.3. The summed E-state index contributed by atoms with van der Waals surface area (Å²) in [6.45, 7) is -0.0598. The number of anilines is 1. The molecule has 0 spiro atoms. The summed E-state index contributed by atoms with van der Waals surface area (Å²) in [4.78, 5) is 25.7. The van der Waals surface area contributed by atoms with Crippen LogP contribution in [0.2, 0.25) is 5.02 Å². The van der Waals surface area contributed by atoms with Gasteiger partial charge in [-0.1, -0.05) is 23.7 Å². The molecule has 7 nitrogen and oxygen atoms in total. The molecule has 0 bridgehead atoms. The van der Waals surface area contributed by atoms with E-state index in [1.54, 1.807) is 23.9 Å². The van der Waals surface area contributed by atoms with Crippen molar-refractivity contribution in [3.8, 4) is 0 Å². The Bertz CT molecular complexity index is 1050. The molecule has 160 valence electrons. The topological polar surface area (TPSA) is 104 Å². The molecule has 11 heteroatoms. The van der Waals surface area contributed by atoms with Crippen molar-refractivity contribution < 1.29 is 18.0 Å². The highest BCUT2D eigenvalue weighted by Gasteiger charge is 2.38. The van der Waals surface area contributed by atoms with Gasteiger partial charge in [0.05, 0.1) is 10.6 Å². The quantitative estimate of drug-likeness (QED) is 0.518. The average Bonchev–Trinajstić information content (AvgIpc) is 2.72. The first-order valence-electron chi connectivity index (χ1n) is 8.88. The van der Waals surface area contributed by atoms with Gasteiger partial charge in [-0.05, 0) is 42.7 Å². The number of halogens is 1. The Balaban J connectivity index is 1.54. The molecule has 0 aromatic heterocycles. The summed E-state index contributed by atoms with van der Waals surface area (Å²) in [6.07, 6.45) is 1.95. The lowest BCUT2D eigenvalue weighted by Crippen LogP contribution is -2.59. The maximum Gasteiger partial charge on any atom is 0.241 e. The molecule has 2 aromatic carbocycles. The Labute approximate surface area is 188 Å². The maximum atomic E-state index is 12.7. The Morgan fingerprint density at radius 2 is 2.00 bits per heavy atom. The fourth-order valence-corrected chi connectivity index (χ4v) is 5.87. The molecule has 1 fully saturated rings. The van der Waals surface area contributed by atoms with Crippen LogP contribution in [0.5, 0.6) is 0 Å². The van der Waals surface area contributed by atoms with Crippen molar-refractivity contribution in [1.82, 2.24) is 10.6 Å². The number of hydrogen-bond acceptors (Lipinski definition) is 7. The van der Waals surface area contributed by atoms with Crippen LogP contribution < -0.4 is 16.0 Å². The van der Waals surface area contributed by atoms with Crippen molar-refractivity contribution in [3.05, 3.63) is 53.6 Å². The molecule has 1 heterocycles. The molecule has 0 aliphatic carbocycles. The van der Waals surface area contributed by atoms with Gasteiger partial charge < -0.3 is 10.6 Å². The second kappa shape index (κ2) is 10.1. The van der Waals surface area contributed by atoms with E-state index in [1.165, 1.54) is 30.0 Å². The molecule has 0 saturated carbocycles. The first kappa shape index (κ1) is 23.0. The van der Waals surface area contributed by atoms with Crippen LogP contribution in [0.25, 0.3) is 0 Å². The number of rotatable bonds is 7. The minimum Gasteiger partial charge on any atom is -0.331 e. The third kappa shape index (κ3) is 5.70. The van der Waals surface area contributed by atoms with Crippen molar-refractivity contribution in [2.45, 2.75) is 20.5 Å². The number of amides is 2.